The number of fused-ring (bicyclic) bond motifs is 1. The Labute approximate surface area is 172 Å². The number of rotatable bonds is 5. The second kappa shape index (κ2) is 8.68. The molecule has 2 aromatic rings. The fraction of sp³-hybridized carbons (Fsp3) is 0.417. The number of hydrogen-bond acceptors (Lipinski definition) is 3. The van der Waals surface area contributed by atoms with Gasteiger partial charge in [-0.15, -0.1) is 0 Å². The van der Waals surface area contributed by atoms with Gasteiger partial charge in [0.1, 0.15) is 5.75 Å². The normalized spacial score (nSPS) is 20.8. The van der Waals surface area contributed by atoms with Crippen molar-refractivity contribution in [3.63, 3.8) is 0 Å². The van der Waals surface area contributed by atoms with Gasteiger partial charge < -0.3 is 15.0 Å². The van der Waals surface area contributed by atoms with Crippen LogP contribution in [0.3, 0.4) is 0 Å². The zero-order valence-electron chi connectivity index (χ0n) is 16.9. The van der Waals surface area contributed by atoms with E-state index in [9.17, 15) is 9.59 Å². The van der Waals surface area contributed by atoms with Crippen LogP contribution in [0.2, 0.25) is 0 Å². The number of carbonyl (C=O) groups is 2. The highest BCUT2D eigenvalue weighted by Gasteiger charge is 2.39. The molecule has 0 bridgehead atoms. The van der Waals surface area contributed by atoms with Crippen LogP contribution in [-0.2, 0) is 22.6 Å². The first-order chi connectivity index (χ1) is 14.2. The third-order valence-corrected chi connectivity index (χ3v) is 6.20. The second-order valence-electron chi connectivity index (χ2n) is 7.93. The minimum atomic E-state index is -0.248. The van der Waals surface area contributed by atoms with Crippen molar-refractivity contribution in [1.29, 1.82) is 0 Å². The molecule has 1 N–H and O–H groups in total. The number of benzene rings is 2. The van der Waals surface area contributed by atoms with Gasteiger partial charge in [0.2, 0.25) is 11.8 Å². The van der Waals surface area contributed by atoms with Crippen LogP contribution in [0.4, 0.5) is 5.69 Å². The molecular weight excluding hydrogens is 364 g/mol. The van der Waals surface area contributed by atoms with Crippen LogP contribution < -0.4 is 15.0 Å². The highest BCUT2D eigenvalue weighted by atomic mass is 16.5. The molecule has 152 valence electrons. The molecule has 29 heavy (non-hydrogen) atoms. The Morgan fingerprint density at radius 2 is 1.76 bits per heavy atom. The number of methoxy groups -OCH3 is 1. The Kier molecular flexibility index (Phi) is 5.84. The van der Waals surface area contributed by atoms with Crippen molar-refractivity contribution in [3.8, 4) is 5.75 Å². The minimum Gasteiger partial charge on any atom is -0.497 e. The van der Waals surface area contributed by atoms with Gasteiger partial charge in [0, 0.05) is 24.7 Å². The van der Waals surface area contributed by atoms with Gasteiger partial charge in [-0.1, -0.05) is 43.2 Å². The lowest BCUT2D eigenvalue weighted by Crippen LogP contribution is -2.45. The van der Waals surface area contributed by atoms with Gasteiger partial charge in [-0.25, -0.2) is 0 Å². The molecule has 5 heteroatoms. The molecule has 4 rings (SSSR count). The summed E-state index contributed by atoms with van der Waals surface area (Å²) in [6, 6.07) is 15.8. The number of para-hydroxylation sites is 1. The van der Waals surface area contributed by atoms with Gasteiger partial charge >= 0.3 is 0 Å². The molecular formula is C24H28N2O3. The van der Waals surface area contributed by atoms with Crippen molar-refractivity contribution in [2.24, 2.45) is 11.8 Å². The second-order valence-corrected chi connectivity index (χ2v) is 7.93. The summed E-state index contributed by atoms with van der Waals surface area (Å²) in [7, 11) is 1.63. The molecule has 0 spiro atoms. The van der Waals surface area contributed by atoms with Crippen molar-refractivity contribution in [2.45, 2.75) is 38.6 Å². The van der Waals surface area contributed by atoms with E-state index in [1.165, 1.54) is 5.56 Å². The Bertz CT molecular complexity index is 878. The zero-order valence-corrected chi connectivity index (χ0v) is 16.9. The van der Waals surface area contributed by atoms with Crippen LogP contribution in [0.1, 0.15) is 36.8 Å². The van der Waals surface area contributed by atoms with E-state index in [4.69, 9.17) is 4.74 Å². The van der Waals surface area contributed by atoms with Crippen LogP contribution in [0.25, 0.3) is 0 Å². The molecule has 2 aliphatic rings. The number of carbonyl (C=O) groups excluding carboxylic acids is 2. The molecule has 1 saturated carbocycles. The van der Waals surface area contributed by atoms with Crippen LogP contribution >= 0.6 is 0 Å². The molecule has 1 heterocycles. The van der Waals surface area contributed by atoms with E-state index in [0.717, 1.165) is 55.6 Å². The smallest absolute Gasteiger partial charge is 0.230 e. The molecule has 0 saturated heterocycles. The van der Waals surface area contributed by atoms with E-state index >= 15 is 0 Å². The molecule has 1 aliphatic heterocycles. The van der Waals surface area contributed by atoms with E-state index in [0.29, 0.717) is 6.54 Å². The largest absolute Gasteiger partial charge is 0.497 e. The molecule has 2 atom stereocenters. The quantitative estimate of drug-likeness (QED) is 0.844. The third-order valence-electron chi connectivity index (χ3n) is 6.20. The molecule has 0 aromatic heterocycles. The van der Waals surface area contributed by atoms with Gasteiger partial charge in [-0.05, 0) is 48.6 Å². The first kappa shape index (κ1) is 19.5. The van der Waals surface area contributed by atoms with Gasteiger partial charge in [0.05, 0.1) is 13.0 Å². The molecule has 1 fully saturated rings. The molecule has 1 aliphatic carbocycles. The van der Waals surface area contributed by atoms with E-state index in [2.05, 4.69) is 11.4 Å². The molecule has 2 amide bonds. The summed E-state index contributed by atoms with van der Waals surface area (Å²) in [6.07, 6.45) is 4.47. The minimum absolute atomic E-state index is 0.00801. The third kappa shape index (κ3) is 4.14. The average Bonchev–Trinajstić information content (AvgIpc) is 3.21. The Morgan fingerprint density at radius 3 is 2.52 bits per heavy atom. The summed E-state index contributed by atoms with van der Waals surface area (Å²) in [5.41, 5.74) is 3.25. The van der Waals surface area contributed by atoms with E-state index < -0.39 is 0 Å². The van der Waals surface area contributed by atoms with Gasteiger partial charge in [-0.3, -0.25) is 9.59 Å². The molecule has 5 nitrogen and oxygen atoms in total. The van der Waals surface area contributed by atoms with Crippen molar-refractivity contribution < 1.29 is 14.3 Å². The van der Waals surface area contributed by atoms with E-state index in [-0.39, 0.29) is 23.7 Å². The first-order valence-corrected chi connectivity index (χ1v) is 10.5. The highest BCUT2D eigenvalue weighted by Crippen LogP contribution is 2.36. The molecule has 0 unspecified atom stereocenters. The van der Waals surface area contributed by atoms with Crippen LogP contribution in [0.5, 0.6) is 5.75 Å². The standard InChI is InChI=1S/C24H28N2O3/c1-29-19-12-10-17(11-13-19)16-25-23(27)20-7-3-4-8-21(20)24(28)26-15-14-18-6-2-5-9-22(18)26/h2,5-6,9-13,20-21H,3-4,7-8,14-16H2,1H3,(H,25,27)/t20-,21-/m1/s1. The summed E-state index contributed by atoms with van der Waals surface area (Å²) in [5.74, 6) is 0.419. The summed E-state index contributed by atoms with van der Waals surface area (Å²) in [6.45, 7) is 1.18. The van der Waals surface area contributed by atoms with Gasteiger partial charge in [-0.2, -0.15) is 0 Å². The number of ether oxygens (including phenoxy) is 1. The van der Waals surface area contributed by atoms with Crippen LogP contribution in [0.15, 0.2) is 48.5 Å². The van der Waals surface area contributed by atoms with Gasteiger partial charge in [0.25, 0.3) is 0 Å². The average molecular weight is 392 g/mol. The van der Waals surface area contributed by atoms with Crippen molar-refractivity contribution in [2.75, 3.05) is 18.6 Å². The fourth-order valence-electron chi connectivity index (χ4n) is 4.57. The summed E-state index contributed by atoms with van der Waals surface area (Å²) in [4.78, 5) is 28.2. The van der Waals surface area contributed by atoms with Crippen molar-refractivity contribution in [3.05, 3.63) is 59.7 Å². The topological polar surface area (TPSA) is 58.6 Å². The Morgan fingerprint density at radius 1 is 1.03 bits per heavy atom. The maximum atomic E-state index is 13.4. The molecule has 2 aromatic carbocycles. The number of nitrogens with one attached hydrogen (secondary N) is 1. The van der Waals surface area contributed by atoms with Crippen molar-refractivity contribution >= 4 is 17.5 Å². The van der Waals surface area contributed by atoms with Crippen molar-refractivity contribution in [1.82, 2.24) is 5.32 Å². The summed E-state index contributed by atoms with van der Waals surface area (Å²) < 4.78 is 5.17. The number of anilines is 1. The first-order valence-electron chi connectivity index (χ1n) is 10.5. The maximum Gasteiger partial charge on any atom is 0.230 e. The lowest BCUT2D eigenvalue weighted by atomic mass is 9.77. The summed E-state index contributed by atoms with van der Waals surface area (Å²) in [5, 5.41) is 3.05. The van der Waals surface area contributed by atoms with E-state index in [1.807, 2.05) is 47.4 Å². The predicted octanol–water partition coefficient (Wildman–Crippen LogP) is 3.71. The SMILES string of the molecule is COc1ccc(CNC(=O)[C@@H]2CCCC[C@H]2C(=O)N2CCc3ccccc32)cc1. The lowest BCUT2D eigenvalue weighted by Gasteiger charge is -2.32. The monoisotopic (exact) mass is 392 g/mol. The zero-order chi connectivity index (χ0) is 20.2. The lowest BCUT2D eigenvalue weighted by molar-refractivity contribution is -0.135. The van der Waals surface area contributed by atoms with Crippen LogP contribution in [0, 0.1) is 11.8 Å². The van der Waals surface area contributed by atoms with Gasteiger partial charge in [0.15, 0.2) is 0 Å². The predicted molar refractivity (Wildman–Crippen MR) is 113 cm³/mol. The number of amides is 2. The maximum absolute atomic E-state index is 13.4. The molecule has 0 radical (unpaired) electrons. The number of hydrogen-bond donors (Lipinski definition) is 1. The Hall–Kier alpha value is -2.82. The highest BCUT2D eigenvalue weighted by molar-refractivity contribution is 5.99. The number of nitrogens with zero attached hydrogens (tertiary/aromatic N) is 1. The van der Waals surface area contributed by atoms with E-state index in [1.54, 1.807) is 7.11 Å². The summed E-state index contributed by atoms with van der Waals surface area (Å²) >= 11 is 0. The Balaban J connectivity index is 1.43. The fourth-order valence-corrected chi connectivity index (χ4v) is 4.57. The van der Waals surface area contributed by atoms with Crippen LogP contribution in [-0.4, -0.2) is 25.5 Å².